The predicted octanol–water partition coefficient (Wildman–Crippen LogP) is 3.56. The van der Waals surface area contributed by atoms with Gasteiger partial charge in [-0.15, -0.1) is 0 Å². The van der Waals surface area contributed by atoms with E-state index in [1.54, 1.807) is 0 Å². The van der Waals surface area contributed by atoms with E-state index in [-0.39, 0.29) is 0 Å². The summed E-state index contributed by atoms with van der Waals surface area (Å²) in [5.41, 5.74) is 1.12. The molecule has 13 heavy (non-hydrogen) atoms. The Morgan fingerprint density at radius 3 is 2.15 bits per heavy atom. The fourth-order valence-electron chi connectivity index (χ4n) is 0.696. The lowest BCUT2D eigenvalue weighted by atomic mass is 9.98. The van der Waals surface area contributed by atoms with Crippen LogP contribution in [-0.4, -0.2) is 12.8 Å². The number of nitrogens with zero attached hydrogens (tertiary/aromatic N) is 1. The van der Waals surface area contributed by atoms with Gasteiger partial charge in [-0.25, -0.2) is 0 Å². The van der Waals surface area contributed by atoms with Gasteiger partial charge in [0.2, 0.25) is 0 Å². The molecule has 0 aromatic rings. The smallest absolute Gasteiger partial charge is 0.0417 e. The average Bonchev–Trinajstić information content (AvgIpc) is 2.03. The molecule has 0 rings (SSSR count). The van der Waals surface area contributed by atoms with Gasteiger partial charge in [0.1, 0.15) is 0 Å². The second-order valence-corrected chi connectivity index (χ2v) is 4.45. The number of aliphatic imine (C=N–C) groups is 1. The highest BCUT2D eigenvalue weighted by atomic mass is 14.7. The van der Waals surface area contributed by atoms with Gasteiger partial charge in [0.05, 0.1) is 0 Å². The Bertz CT molecular complexity index is 178. The zero-order valence-electron chi connectivity index (χ0n) is 9.67. The number of hydrogen-bond acceptors (Lipinski definition) is 1. The lowest BCUT2D eigenvalue weighted by Gasteiger charge is -2.12. The SMILES string of the molecule is C=C(C=NCC(C)C(C)C)C(C)C. The summed E-state index contributed by atoms with van der Waals surface area (Å²) in [5.74, 6) is 1.89. The van der Waals surface area contributed by atoms with Crippen molar-refractivity contribution in [2.75, 3.05) is 6.54 Å². The molecule has 0 saturated heterocycles. The van der Waals surface area contributed by atoms with Crippen LogP contribution in [0.1, 0.15) is 34.6 Å². The minimum Gasteiger partial charge on any atom is -0.293 e. The molecule has 0 amide bonds. The van der Waals surface area contributed by atoms with E-state index in [0.29, 0.717) is 17.8 Å². The summed E-state index contributed by atoms with van der Waals surface area (Å²) in [6.45, 7) is 15.8. The molecule has 1 atom stereocenters. The van der Waals surface area contributed by atoms with E-state index in [0.717, 1.165) is 12.1 Å². The molecule has 0 aromatic carbocycles. The van der Waals surface area contributed by atoms with Gasteiger partial charge in [0.25, 0.3) is 0 Å². The fourth-order valence-corrected chi connectivity index (χ4v) is 0.696. The van der Waals surface area contributed by atoms with Crippen molar-refractivity contribution in [2.24, 2.45) is 22.7 Å². The molecule has 0 aromatic heterocycles. The average molecular weight is 181 g/mol. The van der Waals surface area contributed by atoms with Crippen LogP contribution in [0.3, 0.4) is 0 Å². The number of rotatable bonds is 5. The van der Waals surface area contributed by atoms with Crippen molar-refractivity contribution >= 4 is 6.21 Å². The van der Waals surface area contributed by atoms with Crippen molar-refractivity contribution in [3.8, 4) is 0 Å². The monoisotopic (exact) mass is 181 g/mol. The quantitative estimate of drug-likeness (QED) is 0.575. The molecule has 0 aliphatic rings. The third kappa shape index (κ3) is 5.62. The van der Waals surface area contributed by atoms with Gasteiger partial charge < -0.3 is 0 Å². The first kappa shape index (κ1) is 12.4. The third-order valence-electron chi connectivity index (χ3n) is 2.53. The summed E-state index contributed by atoms with van der Waals surface area (Å²) in [6, 6.07) is 0. The van der Waals surface area contributed by atoms with Crippen molar-refractivity contribution in [1.29, 1.82) is 0 Å². The molecule has 0 heterocycles. The summed E-state index contributed by atoms with van der Waals surface area (Å²) in [7, 11) is 0. The third-order valence-corrected chi connectivity index (χ3v) is 2.53. The van der Waals surface area contributed by atoms with E-state index in [4.69, 9.17) is 0 Å². The maximum Gasteiger partial charge on any atom is 0.0417 e. The van der Waals surface area contributed by atoms with Crippen LogP contribution in [0.4, 0.5) is 0 Å². The lowest BCUT2D eigenvalue weighted by Crippen LogP contribution is -2.07. The van der Waals surface area contributed by atoms with Gasteiger partial charge in [-0.1, -0.05) is 41.2 Å². The van der Waals surface area contributed by atoms with Crippen molar-refractivity contribution in [3.63, 3.8) is 0 Å². The van der Waals surface area contributed by atoms with E-state index in [2.05, 4.69) is 46.2 Å². The van der Waals surface area contributed by atoms with E-state index in [9.17, 15) is 0 Å². The second-order valence-electron chi connectivity index (χ2n) is 4.45. The molecule has 76 valence electrons. The molecule has 0 aliphatic heterocycles. The molecular weight excluding hydrogens is 158 g/mol. The summed E-state index contributed by atoms with van der Waals surface area (Å²) in [4.78, 5) is 4.39. The standard InChI is InChI=1S/C12H23N/c1-9(2)11(5)7-13-8-12(6)10(3)4/h7,9-10,12H,5,8H2,1-4,6H3. The molecule has 1 heteroatoms. The molecule has 0 saturated carbocycles. The van der Waals surface area contributed by atoms with Crippen LogP contribution < -0.4 is 0 Å². The zero-order chi connectivity index (χ0) is 10.4. The van der Waals surface area contributed by atoms with E-state index in [1.165, 1.54) is 0 Å². The topological polar surface area (TPSA) is 12.4 Å². The van der Waals surface area contributed by atoms with Crippen molar-refractivity contribution in [1.82, 2.24) is 0 Å². The normalized spacial score (nSPS) is 14.4. The molecule has 0 spiro atoms. The highest BCUT2D eigenvalue weighted by molar-refractivity contribution is 5.78. The Morgan fingerprint density at radius 2 is 1.77 bits per heavy atom. The van der Waals surface area contributed by atoms with Gasteiger partial charge in [0.15, 0.2) is 0 Å². The lowest BCUT2D eigenvalue weighted by molar-refractivity contribution is 0.431. The van der Waals surface area contributed by atoms with Crippen molar-refractivity contribution < 1.29 is 0 Å². The van der Waals surface area contributed by atoms with Crippen LogP contribution in [0.25, 0.3) is 0 Å². The van der Waals surface area contributed by atoms with Crippen molar-refractivity contribution in [2.45, 2.75) is 34.6 Å². The van der Waals surface area contributed by atoms with Gasteiger partial charge in [-0.2, -0.15) is 0 Å². The van der Waals surface area contributed by atoms with Crippen LogP contribution in [-0.2, 0) is 0 Å². The van der Waals surface area contributed by atoms with Crippen LogP contribution in [0.5, 0.6) is 0 Å². The van der Waals surface area contributed by atoms with Crippen LogP contribution >= 0.6 is 0 Å². The van der Waals surface area contributed by atoms with Crippen LogP contribution in [0.15, 0.2) is 17.1 Å². The minimum absolute atomic E-state index is 0.512. The second kappa shape index (κ2) is 5.95. The van der Waals surface area contributed by atoms with Crippen LogP contribution in [0, 0.1) is 17.8 Å². The summed E-state index contributed by atoms with van der Waals surface area (Å²) >= 11 is 0. The Labute approximate surface area is 83.0 Å². The Hall–Kier alpha value is -0.590. The Kier molecular flexibility index (Phi) is 5.68. The fraction of sp³-hybridized carbons (Fsp3) is 0.750. The Balaban J connectivity index is 3.81. The summed E-state index contributed by atoms with van der Waals surface area (Å²) < 4.78 is 0. The molecule has 0 fully saturated rings. The van der Waals surface area contributed by atoms with Crippen LogP contribution in [0.2, 0.25) is 0 Å². The molecule has 1 unspecified atom stereocenters. The maximum absolute atomic E-state index is 4.39. The minimum atomic E-state index is 0.512. The zero-order valence-corrected chi connectivity index (χ0v) is 9.67. The highest BCUT2D eigenvalue weighted by Gasteiger charge is 2.04. The van der Waals surface area contributed by atoms with Gasteiger partial charge in [0, 0.05) is 12.8 Å². The largest absolute Gasteiger partial charge is 0.293 e. The highest BCUT2D eigenvalue weighted by Crippen LogP contribution is 2.10. The van der Waals surface area contributed by atoms with Gasteiger partial charge >= 0.3 is 0 Å². The Morgan fingerprint density at radius 1 is 1.23 bits per heavy atom. The molecule has 0 bridgehead atoms. The molecule has 0 N–H and O–H groups in total. The summed E-state index contributed by atoms with van der Waals surface area (Å²) in [6.07, 6.45) is 1.92. The van der Waals surface area contributed by atoms with Gasteiger partial charge in [-0.3, -0.25) is 4.99 Å². The number of allylic oxidation sites excluding steroid dienone is 1. The van der Waals surface area contributed by atoms with Crippen molar-refractivity contribution in [3.05, 3.63) is 12.2 Å². The molecule has 0 radical (unpaired) electrons. The number of hydrogen-bond donors (Lipinski definition) is 0. The first-order valence-electron chi connectivity index (χ1n) is 5.13. The van der Waals surface area contributed by atoms with E-state index in [1.807, 2.05) is 6.21 Å². The maximum atomic E-state index is 4.39. The molecule has 0 aliphatic carbocycles. The van der Waals surface area contributed by atoms with Gasteiger partial charge in [-0.05, 0) is 23.3 Å². The predicted molar refractivity (Wildman–Crippen MR) is 61.3 cm³/mol. The van der Waals surface area contributed by atoms with E-state index >= 15 is 0 Å². The first-order valence-corrected chi connectivity index (χ1v) is 5.13. The summed E-state index contributed by atoms with van der Waals surface area (Å²) in [5, 5.41) is 0. The molecular formula is C12H23N. The molecule has 1 nitrogen and oxygen atoms in total. The first-order chi connectivity index (χ1) is 5.95. The van der Waals surface area contributed by atoms with E-state index < -0.39 is 0 Å².